The number of nitrogens with zero attached hydrogens (tertiary/aromatic N) is 2. The Kier molecular flexibility index (Phi) is 8.14. The third kappa shape index (κ3) is 6.38. The zero-order valence-electron chi connectivity index (χ0n) is 19.5. The van der Waals surface area contributed by atoms with E-state index in [9.17, 15) is 9.59 Å². The molecule has 0 fully saturated rings. The minimum Gasteiger partial charge on any atom is -0.497 e. The highest BCUT2D eigenvalue weighted by molar-refractivity contribution is 7.18. The molecule has 0 aliphatic carbocycles. The van der Waals surface area contributed by atoms with E-state index in [4.69, 9.17) is 21.1 Å². The largest absolute Gasteiger partial charge is 0.497 e. The Hall–Kier alpha value is -3.95. The maximum absolute atomic E-state index is 13.3. The van der Waals surface area contributed by atoms with Gasteiger partial charge in [0.25, 0.3) is 5.91 Å². The molecule has 0 spiro atoms. The van der Waals surface area contributed by atoms with Crippen molar-refractivity contribution in [3.8, 4) is 22.1 Å². The molecule has 0 radical (unpaired) electrons. The SMILES string of the molecule is COc1cc(OC)cc(C(=O)NC(Cc2ccccc2)C(=O)Nc2nnc(-c3ccc(Cl)cc3)s2)c1. The second kappa shape index (κ2) is 11.7. The van der Waals surface area contributed by atoms with Gasteiger partial charge in [0.15, 0.2) is 0 Å². The van der Waals surface area contributed by atoms with Gasteiger partial charge in [-0.05, 0) is 29.8 Å². The van der Waals surface area contributed by atoms with E-state index >= 15 is 0 Å². The summed E-state index contributed by atoms with van der Waals surface area (Å²) in [5.41, 5.74) is 2.02. The third-order valence-electron chi connectivity index (χ3n) is 5.26. The Morgan fingerprint density at radius 1 is 0.944 bits per heavy atom. The van der Waals surface area contributed by atoms with E-state index in [-0.39, 0.29) is 6.42 Å². The molecule has 4 aromatic rings. The fourth-order valence-corrected chi connectivity index (χ4v) is 4.29. The average molecular weight is 523 g/mol. The zero-order valence-corrected chi connectivity index (χ0v) is 21.1. The number of halogens is 1. The molecule has 2 N–H and O–H groups in total. The summed E-state index contributed by atoms with van der Waals surface area (Å²) in [6.07, 6.45) is 0.280. The van der Waals surface area contributed by atoms with Gasteiger partial charge in [0.05, 0.1) is 14.2 Å². The Morgan fingerprint density at radius 2 is 1.61 bits per heavy atom. The van der Waals surface area contributed by atoms with Crippen molar-refractivity contribution in [2.45, 2.75) is 12.5 Å². The van der Waals surface area contributed by atoms with Crippen LogP contribution in [0.15, 0.2) is 72.8 Å². The van der Waals surface area contributed by atoms with E-state index in [0.717, 1.165) is 11.1 Å². The number of carbonyl (C=O) groups is 2. The van der Waals surface area contributed by atoms with Crippen molar-refractivity contribution in [1.29, 1.82) is 0 Å². The van der Waals surface area contributed by atoms with Gasteiger partial charge in [0.1, 0.15) is 22.5 Å². The second-order valence-corrected chi connectivity index (χ2v) is 9.14. The number of rotatable bonds is 9. The standard InChI is InChI=1S/C26H23ClN4O4S/c1-34-20-13-18(14-21(15-20)35-2)23(32)28-22(12-16-6-4-3-5-7-16)24(33)29-26-31-30-25(36-26)17-8-10-19(27)11-9-17/h3-11,13-15,22H,12H2,1-2H3,(H,28,32)(H,29,31,33). The van der Waals surface area contributed by atoms with Gasteiger partial charge >= 0.3 is 0 Å². The summed E-state index contributed by atoms with van der Waals surface area (Å²) in [5, 5.41) is 15.4. The van der Waals surface area contributed by atoms with Crippen LogP contribution in [0, 0.1) is 0 Å². The summed E-state index contributed by atoms with van der Waals surface area (Å²) >= 11 is 7.18. The van der Waals surface area contributed by atoms with E-state index in [0.29, 0.717) is 32.2 Å². The van der Waals surface area contributed by atoms with Crippen molar-refractivity contribution >= 4 is 39.9 Å². The van der Waals surface area contributed by atoms with Gasteiger partial charge in [-0.1, -0.05) is 65.4 Å². The molecular weight excluding hydrogens is 500 g/mol. The Morgan fingerprint density at radius 3 is 2.25 bits per heavy atom. The summed E-state index contributed by atoms with van der Waals surface area (Å²) in [6, 6.07) is 20.6. The number of amides is 2. The molecule has 0 bridgehead atoms. The zero-order chi connectivity index (χ0) is 25.5. The molecule has 2 amide bonds. The van der Waals surface area contributed by atoms with Gasteiger partial charge in [-0.25, -0.2) is 0 Å². The van der Waals surface area contributed by atoms with Crippen LogP contribution in [0.3, 0.4) is 0 Å². The second-order valence-electron chi connectivity index (χ2n) is 7.73. The van der Waals surface area contributed by atoms with Crippen LogP contribution in [0.1, 0.15) is 15.9 Å². The van der Waals surface area contributed by atoms with Crippen LogP contribution in [0.5, 0.6) is 11.5 Å². The van der Waals surface area contributed by atoms with E-state index in [2.05, 4.69) is 20.8 Å². The summed E-state index contributed by atoms with van der Waals surface area (Å²) in [6.45, 7) is 0. The molecular formula is C26H23ClN4O4S. The molecule has 1 unspecified atom stereocenters. The topological polar surface area (TPSA) is 102 Å². The minimum absolute atomic E-state index is 0.280. The van der Waals surface area contributed by atoms with Crippen molar-refractivity contribution in [3.63, 3.8) is 0 Å². The van der Waals surface area contributed by atoms with Crippen molar-refractivity contribution in [1.82, 2.24) is 15.5 Å². The van der Waals surface area contributed by atoms with E-state index in [1.54, 1.807) is 30.3 Å². The summed E-state index contributed by atoms with van der Waals surface area (Å²) in [7, 11) is 3.00. The first-order valence-corrected chi connectivity index (χ1v) is 12.1. The van der Waals surface area contributed by atoms with Crippen LogP contribution in [0.25, 0.3) is 10.6 Å². The Bertz CT molecular complexity index is 1320. The van der Waals surface area contributed by atoms with Gasteiger partial charge < -0.3 is 14.8 Å². The molecule has 10 heteroatoms. The number of anilines is 1. The molecule has 1 aromatic heterocycles. The van der Waals surface area contributed by atoms with Crippen molar-refractivity contribution in [3.05, 3.63) is 88.9 Å². The number of methoxy groups -OCH3 is 2. The lowest BCUT2D eigenvalue weighted by Crippen LogP contribution is -2.45. The van der Waals surface area contributed by atoms with Crippen molar-refractivity contribution < 1.29 is 19.1 Å². The highest BCUT2D eigenvalue weighted by atomic mass is 35.5. The van der Waals surface area contributed by atoms with Crippen LogP contribution in [0.4, 0.5) is 5.13 Å². The summed E-state index contributed by atoms with van der Waals surface area (Å²) in [5.74, 6) is 0.0718. The highest BCUT2D eigenvalue weighted by Gasteiger charge is 2.24. The minimum atomic E-state index is -0.875. The van der Waals surface area contributed by atoms with Crippen LogP contribution in [-0.2, 0) is 11.2 Å². The number of nitrogens with one attached hydrogen (secondary N) is 2. The number of carbonyl (C=O) groups excluding carboxylic acids is 2. The lowest BCUT2D eigenvalue weighted by molar-refractivity contribution is -0.118. The molecule has 1 atom stereocenters. The van der Waals surface area contributed by atoms with Gasteiger partial charge in [-0.2, -0.15) is 0 Å². The quantitative estimate of drug-likeness (QED) is 0.325. The fraction of sp³-hybridized carbons (Fsp3) is 0.154. The summed E-state index contributed by atoms with van der Waals surface area (Å²) in [4.78, 5) is 26.4. The van der Waals surface area contributed by atoms with Crippen molar-refractivity contribution in [2.75, 3.05) is 19.5 Å². The predicted octanol–water partition coefficient (Wildman–Crippen LogP) is 4.86. The first-order valence-electron chi connectivity index (χ1n) is 10.9. The highest BCUT2D eigenvalue weighted by Crippen LogP contribution is 2.27. The average Bonchev–Trinajstić information content (AvgIpc) is 3.37. The van der Waals surface area contributed by atoms with Crippen LogP contribution >= 0.6 is 22.9 Å². The van der Waals surface area contributed by atoms with Gasteiger partial charge in [-0.3, -0.25) is 14.9 Å². The number of aromatic nitrogens is 2. The Balaban J connectivity index is 1.54. The number of hydrogen-bond acceptors (Lipinski definition) is 7. The number of benzene rings is 3. The van der Waals surface area contributed by atoms with Crippen molar-refractivity contribution in [2.24, 2.45) is 0 Å². The molecule has 0 aliphatic heterocycles. The van der Waals surface area contributed by atoms with E-state index in [1.807, 2.05) is 42.5 Å². The molecule has 4 rings (SSSR count). The summed E-state index contributed by atoms with van der Waals surface area (Å²) < 4.78 is 10.5. The molecule has 0 aliphatic rings. The maximum atomic E-state index is 13.3. The van der Waals surface area contributed by atoms with Gasteiger partial charge in [0.2, 0.25) is 11.0 Å². The van der Waals surface area contributed by atoms with Gasteiger partial charge in [-0.15, -0.1) is 10.2 Å². The maximum Gasteiger partial charge on any atom is 0.252 e. The number of hydrogen-bond donors (Lipinski definition) is 2. The molecule has 184 valence electrons. The first kappa shape index (κ1) is 25.2. The van der Waals surface area contributed by atoms with Crippen LogP contribution < -0.4 is 20.1 Å². The molecule has 0 saturated heterocycles. The fourth-order valence-electron chi connectivity index (χ4n) is 3.41. The lowest BCUT2D eigenvalue weighted by atomic mass is 10.0. The first-order chi connectivity index (χ1) is 17.4. The molecule has 1 heterocycles. The number of ether oxygens (including phenoxy) is 2. The van der Waals surface area contributed by atoms with Crippen LogP contribution in [0.2, 0.25) is 5.02 Å². The molecule has 0 saturated carbocycles. The van der Waals surface area contributed by atoms with Crippen LogP contribution in [-0.4, -0.2) is 42.3 Å². The molecule has 3 aromatic carbocycles. The van der Waals surface area contributed by atoms with E-state index in [1.165, 1.54) is 25.6 Å². The predicted molar refractivity (Wildman–Crippen MR) is 140 cm³/mol. The lowest BCUT2D eigenvalue weighted by Gasteiger charge is -2.18. The smallest absolute Gasteiger partial charge is 0.252 e. The third-order valence-corrected chi connectivity index (χ3v) is 6.40. The van der Waals surface area contributed by atoms with E-state index < -0.39 is 17.9 Å². The molecule has 8 nitrogen and oxygen atoms in total. The molecule has 36 heavy (non-hydrogen) atoms. The Labute approximate surface area is 217 Å². The normalized spacial score (nSPS) is 11.4. The monoisotopic (exact) mass is 522 g/mol. The van der Waals surface area contributed by atoms with Gasteiger partial charge in [0, 0.05) is 28.6 Å².